The number of halogens is 1. The summed E-state index contributed by atoms with van der Waals surface area (Å²) in [6.45, 7) is 1.73. The first kappa shape index (κ1) is 20.0. The normalized spacial score (nSPS) is 16.4. The highest BCUT2D eigenvalue weighted by Gasteiger charge is 2.32. The van der Waals surface area contributed by atoms with Crippen LogP contribution in [0.15, 0.2) is 36.4 Å². The molecule has 7 nitrogen and oxygen atoms in total. The Balaban J connectivity index is 1.48. The lowest BCUT2D eigenvalue weighted by Crippen LogP contribution is -2.49. The van der Waals surface area contributed by atoms with Crippen molar-refractivity contribution >= 4 is 23.6 Å². The van der Waals surface area contributed by atoms with Gasteiger partial charge in [0.15, 0.2) is 0 Å². The fraction of sp³-hybridized carbons (Fsp3) is 0.364. The molecule has 156 valence electrons. The zero-order chi connectivity index (χ0) is 21.3. The van der Waals surface area contributed by atoms with Crippen LogP contribution in [-0.4, -0.2) is 48.2 Å². The van der Waals surface area contributed by atoms with Crippen molar-refractivity contribution in [2.75, 3.05) is 31.1 Å². The van der Waals surface area contributed by atoms with Gasteiger partial charge in [-0.3, -0.25) is 14.9 Å². The zero-order valence-electron chi connectivity index (χ0n) is 16.4. The minimum atomic E-state index is -0.484. The van der Waals surface area contributed by atoms with E-state index in [0.717, 1.165) is 24.7 Å². The molecule has 1 saturated heterocycles. The molecule has 4 rings (SSSR count). The van der Waals surface area contributed by atoms with Gasteiger partial charge >= 0.3 is 0 Å². The van der Waals surface area contributed by atoms with E-state index in [1.165, 1.54) is 18.2 Å². The quantitative estimate of drug-likeness (QED) is 0.414. The molecule has 1 amide bonds. The molecule has 0 atom stereocenters. The minimum absolute atomic E-state index is 0.0844. The molecule has 0 radical (unpaired) electrons. The second-order valence-corrected chi connectivity index (χ2v) is 7.74. The lowest BCUT2D eigenvalue weighted by Gasteiger charge is -2.36. The van der Waals surface area contributed by atoms with Gasteiger partial charge in [-0.2, -0.15) is 0 Å². The predicted octanol–water partition coefficient (Wildman–Crippen LogP) is 3.32. The summed E-state index contributed by atoms with van der Waals surface area (Å²) in [5.41, 5.74) is 2.28. The van der Waals surface area contributed by atoms with E-state index in [1.54, 1.807) is 23.1 Å². The van der Waals surface area contributed by atoms with Gasteiger partial charge in [0.1, 0.15) is 12.1 Å². The summed E-state index contributed by atoms with van der Waals surface area (Å²) in [5, 5.41) is 11.2. The Kier molecular flexibility index (Phi) is 5.48. The summed E-state index contributed by atoms with van der Waals surface area (Å²) in [4.78, 5) is 38.0. The molecule has 2 aliphatic rings. The summed E-state index contributed by atoms with van der Waals surface area (Å²) in [5.74, 6) is -0.295. The number of non-ortho nitro benzene ring substituents is 1. The Bertz CT molecular complexity index is 998. The van der Waals surface area contributed by atoms with Crippen LogP contribution in [0.5, 0.6) is 0 Å². The number of hydrogen-bond donors (Lipinski definition) is 0. The Morgan fingerprint density at radius 1 is 1.13 bits per heavy atom. The van der Waals surface area contributed by atoms with Crippen LogP contribution in [0.2, 0.25) is 0 Å². The van der Waals surface area contributed by atoms with Gasteiger partial charge in [0.05, 0.1) is 10.6 Å². The molecular weight excluding hydrogens is 389 g/mol. The number of aldehydes is 1. The molecule has 1 saturated carbocycles. The summed E-state index contributed by atoms with van der Waals surface area (Å²) < 4.78 is 14.4. The molecule has 1 aliphatic carbocycles. The Morgan fingerprint density at radius 2 is 1.87 bits per heavy atom. The number of hydrogen-bond acceptors (Lipinski definition) is 5. The fourth-order valence-electron chi connectivity index (χ4n) is 3.94. The summed E-state index contributed by atoms with van der Waals surface area (Å²) in [6, 6.07) is 9.31. The van der Waals surface area contributed by atoms with Gasteiger partial charge in [0.25, 0.3) is 11.6 Å². The van der Waals surface area contributed by atoms with Crippen LogP contribution in [0.3, 0.4) is 0 Å². The second-order valence-electron chi connectivity index (χ2n) is 7.74. The van der Waals surface area contributed by atoms with Crippen molar-refractivity contribution in [3.8, 4) is 0 Å². The van der Waals surface area contributed by atoms with Crippen LogP contribution < -0.4 is 4.90 Å². The van der Waals surface area contributed by atoms with Crippen molar-refractivity contribution in [2.24, 2.45) is 0 Å². The van der Waals surface area contributed by atoms with Crippen molar-refractivity contribution in [1.29, 1.82) is 0 Å². The van der Waals surface area contributed by atoms with E-state index in [2.05, 4.69) is 0 Å². The van der Waals surface area contributed by atoms with Crippen molar-refractivity contribution in [3.63, 3.8) is 0 Å². The lowest BCUT2D eigenvalue weighted by atomic mass is 10.0. The number of nitro groups is 1. The van der Waals surface area contributed by atoms with E-state index in [4.69, 9.17) is 0 Å². The van der Waals surface area contributed by atoms with Crippen LogP contribution in [0, 0.1) is 15.9 Å². The van der Waals surface area contributed by atoms with Crippen molar-refractivity contribution in [2.45, 2.75) is 25.2 Å². The van der Waals surface area contributed by atoms with Crippen molar-refractivity contribution in [1.82, 2.24) is 4.90 Å². The third kappa shape index (κ3) is 4.03. The van der Waals surface area contributed by atoms with Crippen LogP contribution >= 0.6 is 0 Å². The first-order chi connectivity index (χ1) is 14.5. The molecule has 0 spiro atoms. The first-order valence-electron chi connectivity index (χ1n) is 10.0. The Labute approximate surface area is 173 Å². The van der Waals surface area contributed by atoms with Crippen LogP contribution in [0.1, 0.15) is 40.2 Å². The van der Waals surface area contributed by atoms with Gasteiger partial charge in [-0.1, -0.05) is 12.1 Å². The molecule has 30 heavy (non-hydrogen) atoms. The van der Waals surface area contributed by atoms with E-state index in [0.29, 0.717) is 48.9 Å². The van der Waals surface area contributed by atoms with Crippen molar-refractivity contribution < 1.29 is 18.9 Å². The minimum Gasteiger partial charge on any atom is -0.366 e. The topological polar surface area (TPSA) is 83.8 Å². The molecule has 1 heterocycles. The molecule has 0 bridgehead atoms. The van der Waals surface area contributed by atoms with E-state index in [9.17, 15) is 24.1 Å². The Hall–Kier alpha value is -3.29. The number of benzene rings is 2. The monoisotopic (exact) mass is 411 g/mol. The number of nitrogens with zero attached hydrogens (tertiary/aromatic N) is 3. The molecule has 0 aromatic heterocycles. The molecule has 2 fully saturated rings. The van der Waals surface area contributed by atoms with E-state index in [-0.39, 0.29) is 23.8 Å². The van der Waals surface area contributed by atoms with Gasteiger partial charge in [0, 0.05) is 50.3 Å². The first-order valence-corrected chi connectivity index (χ1v) is 10.0. The van der Waals surface area contributed by atoms with Gasteiger partial charge in [-0.15, -0.1) is 0 Å². The largest absolute Gasteiger partial charge is 0.366 e. The predicted molar refractivity (Wildman–Crippen MR) is 109 cm³/mol. The van der Waals surface area contributed by atoms with Crippen LogP contribution in [-0.2, 0) is 11.2 Å². The molecule has 2 aromatic carbocycles. The van der Waals surface area contributed by atoms with E-state index >= 15 is 0 Å². The number of nitro benzene ring substituents is 1. The summed E-state index contributed by atoms with van der Waals surface area (Å²) in [6.07, 6.45) is 2.89. The maximum Gasteiger partial charge on any atom is 0.270 e. The highest BCUT2D eigenvalue weighted by atomic mass is 19.1. The van der Waals surface area contributed by atoms with E-state index in [1.807, 2.05) is 4.90 Å². The number of rotatable bonds is 6. The lowest BCUT2D eigenvalue weighted by molar-refractivity contribution is -0.384. The molecule has 8 heteroatoms. The van der Waals surface area contributed by atoms with E-state index < -0.39 is 4.92 Å². The molecule has 1 aliphatic heterocycles. The van der Waals surface area contributed by atoms with Crippen molar-refractivity contribution in [3.05, 3.63) is 69.0 Å². The maximum atomic E-state index is 14.4. The second kappa shape index (κ2) is 8.22. The highest BCUT2D eigenvalue weighted by molar-refractivity contribution is 5.97. The van der Waals surface area contributed by atoms with Crippen LogP contribution in [0.25, 0.3) is 0 Å². The van der Waals surface area contributed by atoms with Gasteiger partial charge in [-0.05, 0) is 42.0 Å². The standard InChI is InChI=1S/C22H22FN3O4/c23-20-13-15(7-12-27)1-6-21(20)24-8-10-25(11-9-24)22(28)19-14-17(26(29)30)4-5-18(19)16-2-3-16/h1,4-6,12-14,16H,2-3,7-11H2. The third-order valence-electron chi connectivity index (χ3n) is 5.73. The number of carbonyl (C=O) groups is 2. The number of piperazine rings is 1. The van der Waals surface area contributed by atoms with Crippen LogP contribution in [0.4, 0.5) is 15.8 Å². The molecule has 0 N–H and O–H groups in total. The number of carbonyl (C=O) groups excluding carboxylic acids is 2. The Morgan fingerprint density at radius 3 is 2.47 bits per heavy atom. The molecule has 0 unspecified atom stereocenters. The van der Waals surface area contributed by atoms with Gasteiger partial charge in [-0.25, -0.2) is 4.39 Å². The fourth-order valence-corrected chi connectivity index (χ4v) is 3.94. The zero-order valence-corrected chi connectivity index (χ0v) is 16.4. The molecule has 2 aromatic rings. The summed E-state index contributed by atoms with van der Waals surface area (Å²) >= 11 is 0. The highest BCUT2D eigenvalue weighted by Crippen LogP contribution is 2.42. The number of amides is 1. The molecular formula is C22H22FN3O4. The van der Waals surface area contributed by atoms with Gasteiger partial charge in [0.2, 0.25) is 0 Å². The average Bonchev–Trinajstić information content (AvgIpc) is 3.59. The van der Waals surface area contributed by atoms with Gasteiger partial charge < -0.3 is 14.6 Å². The third-order valence-corrected chi connectivity index (χ3v) is 5.73. The smallest absolute Gasteiger partial charge is 0.270 e. The summed E-state index contributed by atoms with van der Waals surface area (Å²) in [7, 11) is 0. The SMILES string of the molecule is O=CCc1ccc(N2CCN(C(=O)c3cc([N+](=O)[O-])ccc3C3CC3)CC2)c(F)c1. The number of anilines is 1. The maximum absolute atomic E-state index is 14.4. The average molecular weight is 411 g/mol.